The molecule has 3 aliphatic heterocycles. The van der Waals surface area contributed by atoms with Crippen LogP contribution < -0.4 is 53.4 Å². The number of fused-ring (bicyclic) bond motifs is 5. The molecule has 2 bridgehead atoms. The molecule has 548 valence electrons. The van der Waals surface area contributed by atoms with E-state index in [0.717, 1.165) is 4.90 Å². The van der Waals surface area contributed by atoms with Gasteiger partial charge in [0, 0.05) is 90.9 Å². The fraction of sp³-hybridized carbons (Fsp3) is 0.667. The standard InChI is InChI=1S/C63H97N11O22S2/c1-6-35(2)43-24-40(76)29-68-57(83)38-22-44-42-7-8-51(91-5)45(33-97-20-19-96-18-17-95-16-15-94-14-13-93-12-11-92-10-9-66-27-39(64)28-67-53(81)21-36(3)63(88)89)56(42)73-61(44)98(90)34-47(70-54(82)30-69-58(43)84)59(85)71-46(26-52(65)80)62(87)74-31-41(77)25-48(74)60(86)72-55(49(78)23-38)37(4)50(79)32-75/h7-8,27,35-38,41,43,46-48,50,55,66,73,75,77,79H,6,9-26,28-34,64H2,1-5H3,(H2,65,80)(H,67,81)(H,68,83)(H,69,84)(H,70,82)(H,71,85)(H,72,86)(H,88,89)/b39-27-/t35-,36?,37-,38+,41+,43-,46-,47+,48-,50-,55-,98?/m0/s1. The van der Waals surface area contributed by atoms with E-state index in [4.69, 9.17) is 45.0 Å². The van der Waals surface area contributed by atoms with E-state index in [2.05, 4.69) is 42.2 Å². The quantitative estimate of drug-likeness (QED) is 0.0302. The number of thioether (sulfide) groups is 1. The molecule has 3 aliphatic rings. The largest absolute Gasteiger partial charge is 0.496 e. The van der Waals surface area contributed by atoms with E-state index in [0.29, 0.717) is 99.5 Å². The number of hydrogen-bond acceptors (Lipinski definition) is 24. The minimum absolute atomic E-state index is 0.0711. The summed E-state index contributed by atoms with van der Waals surface area (Å²) >= 11 is 1.44. The summed E-state index contributed by atoms with van der Waals surface area (Å²) in [5.74, 6) is -14.5. The number of hydrogen-bond donors (Lipinski definition) is 14. The van der Waals surface area contributed by atoms with Crippen LogP contribution in [-0.4, -0.2) is 260 Å². The van der Waals surface area contributed by atoms with Gasteiger partial charge in [0.25, 0.3) is 0 Å². The van der Waals surface area contributed by atoms with Crippen LogP contribution in [0.2, 0.25) is 0 Å². The molecule has 2 unspecified atom stereocenters. The fourth-order valence-corrected chi connectivity index (χ4v) is 13.3. The van der Waals surface area contributed by atoms with E-state index in [1.165, 1.54) is 38.9 Å². The smallest absolute Gasteiger partial charge is 0.306 e. The number of Topliss-reactive ketones (excluding diaryl/α,β-unsaturated/α-hetero) is 2. The van der Waals surface area contributed by atoms with Crippen molar-refractivity contribution in [2.75, 3.05) is 124 Å². The average molecular weight is 1420 g/mol. The van der Waals surface area contributed by atoms with Gasteiger partial charge in [-0.1, -0.05) is 34.1 Å². The number of H-pyrrole nitrogens is 1. The molecule has 16 N–H and O–H groups in total. The van der Waals surface area contributed by atoms with Gasteiger partial charge in [0.2, 0.25) is 47.3 Å². The number of amides is 8. The van der Waals surface area contributed by atoms with Crippen molar-refractivity contribution in [2.24, 2.45) is 41.1 Å². The van der Waals surface area contributed by atoms with Crippen LogP contribution in [0.25, 0.3) is 10.9 Å². The van der Waals surface area contributed by atoms with Gasteiger partial charge in [-0.2, -0.15) is 11.8 Å². The van der Waals surface area contributed by atoms with Crippen molar-refractivity contribution >= 4 is 98.3 Å². The van der Waals surface area contributed by atoms with Crippen LogP contribution in [0, 0.1) is 29.6 Å². The van der Waals surface area contributed by atoms with Gasteiger partial charge in [-0.05, 0) is 30.0 Å². The molecule has 35 heteroatoms. The number of aromatic amines is 1. The number of aliphatic hydroxyl groups excluding tert-OH is 3. The fourth-order valence-electron chi connectivity index (χ4n) is 11.0. The number of aliphatic hydroxyl groups is 3. The van der Waals surface area contributed by atoms with Crippen LogP contribution in [0.15, 0.2) is 29.1 Å². The van der Waals surface area contributed by atoms with Crippen LogP contribution >= 0.6 is 11.8 Å². The van der Waals surface area contributed by atoms with Gasteiger partial charge in [-0.15, -0.1) is 0 Å². The lowest BCUT2D eigenvalue weighted by Crippen LogP contribution is -2.60. The van der Waals surface area contributed by atoms with Gasteiger partial charge in [-0.25, -0.2) is 0 Å². The Labute approximate surface area is 574 Å². The Kier molecular flexibility index (Phi) is 34.8. The van der Waals surface area contributed by atoms with E-state index in [-0.39, 0.29) is 48.9 Å². The monoisotopic (exact) mass is 1420 g/mol. The van der Waals surface area contributed by atoms with Crippen molar-refractivity contribution in [1.82, 2.24) is 47.1 Å². The molecule has 1 saturated heterocycles. The first-order valence-electron chi connectivity index (χ1n) is 32.6. The van der Waals surface area contributed by atoms with Gasteiger partial charge in [-0.3, -0.25) is 56.9 Å². The predicted octanol–water partition coefficient (Wildman–Crippen LogP) is -3.50. The van der Waals surface area contributed by atoms with E-state index in [1.54, 1.807) is 26.0 Å². The van der Waals surface area contributed by atoms with Gasteiger partial charge in [0.1, 0.15) is 28.9 Å². The molecule has 2 aromatic rings. The summed E-state index contributed by atoms with van der Waals surface area (Å²) in [5, 5.41) is 59.4. The minimum Gasteiger partial charge on any atom is -0.496 e. The van der Waals surface area contributed by atoms with Gasteiger partial charge >= 0.3 is 5.97 Å². The SMILES string of the molecule is CC[C@H](C)[C@@H]1CC(=O)CNC(=O)[C@H]2CC(=O)[C@H]([C@@H](C)[C@@H](O)CO)NC(=O)[C@@H]3C[C@@H](O)CN3C(=O)[C@H](CC(N)=O)NC(=O)[C@@H](CS(=O)c3[nH]c4c(CSCCOCCOCCOCCOCCOCCN/C=C(\N)CNC(=O)CC(C)C(=O)O)c(OC)ccc4c3C2)NC(=O)CNC1=O. The lowest BCUT2D eigenvalue weighted by molar-refractivity contribution is -0.144. The molecule has 4 heterocycles. The summed E-state index contributed by atoms with van der Waals surface area (Å²) in [4.78, 5) is 155. The Morgan fingerprint density at radius 2 is 1.47 bits per heavy atom. The number of nitrogens with zero attached hydrogens (tertiary/aromatic N) is 1. The number of nitrogens with two attached hydrogens (primary N) is 2. The molecule has 1 fully saturated rings. The second-order valence-corrected chi connectivity index (χ2v) is 26.7. The third kappa shape index (κ3) is 25.7. The van der Waals surface area contributed by atoms with E-state index < -0.39 is 199 Å². The Bertz CT molecular complexity index is 3120. The third-order valence-corrected chi connectivity index (χ3v) is 19.2. The molecule has 33 nitrogen and oxygen atoms in total. The molecule has 12 atom stereocenters. The summed E-state index contributed by atoms with van der Waals surface area (Å²) in [6.07, 6.45) is -4.00. The number of rotatable bonds is 34. The van der Waals surface area contributed by atoms with Crippen molar-refractivity contribution in [3.05, 3.63) is 35.2 Å². The number of benzene rings is 1. The van der Waals surface area contributed by atoms with Crippen LogP contribution in [0.4, 0.5) is 0 Å². The summed E-state index contributed by atoms with van der Waals surface area (Å²) < 4.78 is 49.3. The Balaban J connectivity index is 1.32. The highest BCUT2D eigenvalue weighted by molar-refractivity contribution is 7.98. The zero-order valence-electron chi connectivity index (χ0n) is 56.0. The lowest BCUT2D eigenvalue weighted by atomic mass is 9.85. The van der Waals surface area contributed by atoms with Crippen molar-refractivity contribution in [3.63, 3.8) is 0 Å². The molecular weight excluding hydrogens is 1330 g/mol. The van der Waals surface area contributed by atoms with Crippen LogP contribution in [0.1, 0.15) is 77.3 Å². The molecule has 0 radical (unpaired) electrons. The minimum atomic E-state index is -2.41. The number of ether oxygens (including phenoxy) is 6. The van der Waals surface area contributed by atoms with Gasteiger partial charge < -0.3 is 107 Å². The maximum absolute atomic E-state index is 15.3. The highest BCUT2D eigenvalue weighted by Crippen LogP contribution is 2.37. The predicted molar refractivity (Wildman–Crippen MR) is 354 cm³/mol. The Morgan fingerprint density at radius 1 is 0.827 bits per heavy atom. The highest BCUT2D eigenvalue weighted by Gasteiger charge is 2.45. The zero-order chi connectivity index (χ0) is 72.0. The van der Waals surface area contributed by atoms with Crippen molar-refractivity contribution < 1.29 is 106 Å². The van der Waals surface area contributed by atoms with E-state index in [9.17, 15) is 68.1 Å². The number of primary amides is 1. The zero-order valence-corrected chi connectivity index (χ0v) is 57.7. The summed E-state index contributed by atoms with van der Waals surface area (Å²) in [7, 11) is -0.971. The molecule has 0 spiro atoms. The number of carbonyl (C=O) groups excluding carboxylic acids is 10. The number of carboxylic acids is 1. The summed E-state index contributed by atoms with van der Waals surface area (Å²) in [5.41, 5.74) is 12.9. The van der Waals surface area contributed by atoms with Crippen molar-refractivity contribution in [2.45, 2.75) is 120 Å². The van der Waals surface area contributed by atoms with E-state index >= 15 is 4.21 Å². The number of methoxy groups -OCH3 is 1. The maximum atomic E-state index is 15.3. The summed E-state index contributed by atoms with van der Waals surface area (Å²) in [6, 6.07) is -3.68. The number of carboxylic acid groups (broad SMARTS) is 1. The second kappa shape index (κ2) is 41.9. The van der Waals surface area contributed by atoms with Gasteiger partial charge in [0.15, 0.2) is 11.6 Å². The number of carbonyl (C=O) groups is 11. The maximum Gasteiger partial charge on any atom is 0.306 e. The second-order valence-electron chi connectivity index (χ2n) is 24.2. The van der Waals surface area contributed by atoms with Crippen molar-refractivity contribution in [1.29, 1.82) is 0 Å². The van der Waals surface area contributed by atoms with Crippen molar-refractivity contribution in [3.8, 4) is 5.75 Å². The molecule has 0 aliphatic carbocycles. The Hall–Kier alpha value is -7.35. The summed E-state index contributed by atoms with van der Waals surface area (Å²) in [6.45, 7) is 7.25. The average Bonchev–Trinajstić information content (AvgIpc) is 1.42. The number of aliphatic carboxylic acids is 1. The topological polar surface area (TPSA) is 496 Å². The highest BCUT2D eigenvalue weighted by atomic mass is 32.2. The molecule has 0 saturated carbocycles. The van der Waals surface area contributed by atoms with Crippen LogP contribution in [0.5, 0.6) is 5.75 Å². The first-order valence-corrected chi connectivity index (χ1v) is 35.0. The normalized spacial score (nSPS) is 23.3. The third-order valence-electron chi connectivity index (χ3n) is 16.8. The molecule has 8 amide bonds. The first-order chi connectivity index (χ1) is 46.8. The number of nitrogens with one attached hydrogen (secondary N) is 8. The molecular formula is C63H97N11O22S2. The van der Waals surface area contributed by atoms with Gasteiger partial charge in [0.05, 0.1) is 152 Å². The molecule has 5 rings (SSSR count). The first kappa shape index (κ1) is 81.3. The van der Waals surface area contributed by atoms with Crippen LogP contribution in [-0.2, 0) is 99.4 Å². The van der Waals surface area contributed by atoms with E-state index in [1.807, 2.05) is 0 Å². The van der Waals surface area contributed by atoms with Crippen LogP contribution in [0.3, 0.4) is 0 Å². The Morgan fingerprint density at radius 3 is 2.09 bits per heavy atom. The molecule has 1 aromatic carbocycles. The molecule has 1 aromatic heterocycles. The number of ketones is 2. The number of aromatic nitrogens is 1. The molecule has 98 heavy (non-hydrogen) atoms. The lowest BCUT2D eigenvalue weighted by Gasteiger charge is -2.32.